The van der Waals surface area contributed by atoms with Crippen molar-refractivity contribution in [1.29, 1.82) is 5.26 Å². The first-order valence-corrected chi connectivity index (χ1v) is 12.3. The lowest BCUT2D eigenvalue weighted by atomic mass is 9.87. The van der Waals surface area contributed by atoms with Crippen LogP contribution in [0.3, 0.4) is 0 Å². The highest BCUT2D eigenvalue weighted by Gasteiger charge is 2.38. The predicted molar refractivity (Wildman–Crippen MR) is 136 cm³/mol. The molecule has 1 atom stereocenters. The molecule has 4 rings (SSSR count). The number of carboxylic acid groups (broad SMARTS) is 1. The number of aryl methyl sites for hydroxylation is 2. The highest BCUT2D eigenvalue weighted by Crippen LogP contribution is 2.35. The quantitative estimate of drug-likeness (QED) is 0.413. The number of rotatable bonds is 1. The normalized spacial score (nSPS) is 18.0. The Morgan fingerprint density at radius 2 is 1.85 bits per heavy atom. The zero-order valence-corrected chi connectivity index (χ0v) is 21.6. The summed E-state index contributed by atoms with van der Waals surface area (Å²) < 4.78 is 39.8. The van der Waals surface area contributed by atoms with Gasteiger partial charge in [-0.1, -0.05) is 31.0 Å². The van der Waals surface area contributed by atoms with Gasteiger partial charge in [0.15, 0.2) is 0 Å². The van der Waals surface area contributed by atoms with Gasteiger partial charge in [-0.05, 0) is 61.6 Å². The minimum absolute atomic E-state index is 0.00200. The number of aromatic nitrogens is 2. The molecular formula is C28H29F3N4O4. The fourth-order valence-electron chi connectivity index (χ4n) is 4.33. The second-order valence-corrected chi connectivity index (χ2v) is 9.35. The predicted octanol–water partition coefficient (Wildman–Crippen LogP) is 5.60. The molecule has 0 spiro atoms. The maximum absolute atomic E-state index is 12.9. The molecule has 1 amide bonds. The third-order valence-electron chi connectivity index (χ3n) is 6.39. The summed E-state index contributed by atoms with van der Waals surface area (Å²) >= 11 is 0. The van der Waals surface area contributed by atoms with Crippen LogP contribution in [0.1, 0.15) is 61.4 Å². The number of nitriles is 1. The molecule has 2 aromatic carbocycles. The van der Waals surface area contributed by atoms with Crippen LogP contribution in [-0.2, 0) is 28.6 Å². The molecule has 1 aliphatic heterocycles. The van der Waals surface area contributed by atoms with Crippen LogP contribution in [-0.4, -0.2) is 32.7 Å². The van der Waals surface area contributed by atoms with Crippen molar-refractivity contribution in [3.8, 4) is 17.6 Å². The summed E-state index contributed by atoms with van der Waals surface area (Å²) in [4.78, 5) is 26.1. The van der Waals surface area contributed by atoms with Gasteiger partial charge in [0, 0.05) is 13.5 Å². The molecule has 1 aromatic heterocycles. The van der Waals surface area contributed by atoms with Crippen LogP contribution in [0.2, 0.25) is 0 Å². The lowest BCUT2D eigenvalue weighted by Gasteiger charge is -2.32. The number of imidazole rings is 1. The van der Waals surface area contributed by atoms with E-state index >= 15 is 0 Å². The van der Waals surface area contributed by atoms with Crippen LogP contribution in [0.25, 0.3) is 0 Å². The van der Waals surface area contributed by atoms with Gasteiger partial charge in [0.25, 0.3) is 0 Å². The molecule has 206 valence electrons. The van der Waals surface area contributed by atoms with Gasteiger partial charge in [0.05, 0.1) is 23.8 Å². The Kier molecular flexibility index (Phi) is 9.35. The number of carboxylic acids is 1. The number of carbonyl (C=O) groups excluding carboxylic acids is 1. The van der Waals surface area contributed by atoms with E-state index in [1.165, 1.54) is 5.56 Å². The molecule has 1 aliphatic rings. The maximum Gasteiger partial charge on any atom is 0.490 e. The number of nitrogens with one attached hydrogen (secondary N) is 1. The number of carbonyl (C=O) groups is 2. The smallest absolute Gasteiger partial charge is 0.475 e. The van der Waals surface area contributed by atoms with E-state index in [1.807, 2.05) is 48.9 Å². The molecule has 11 heteroatoms. The molecule has 39 heavy (non-hydrogen) atoms. The van der Waals surface area contributed by atoms with Crippen LogP contribution < -0.4 is 10.1 Å². The van der Waals surface area contributed by atoms with Crippen LogP contribution in [0.4, 0.5) is 13.2 Å². The third kappa shape index (κ3) is 7.60. The standard InChI is InChI=1S/C26H28N4O2.C2HF3O2/c1-26(24-17-28-18-30(24)2)21-13-12-20(16-27)23(15-21)32-22-10-7-9-19(14-22)8-5-3-4-6-11-25(31)29-26;3-2(4,5)1(6)7/h7,9-10,12-15,17-18H,3-6,8,11H2,1-2H3,(H,29,31);(H,6,7). The van der Waals surface area contributed by atoms with E-state index in [0.717, 1.165) is 43.4 Å². The van der Waals surface area contributed by atoms with E-state index in [1.54, 1.807) is 18.6 Å². The largest absolute Gasteiger partial charge is 0.490 e. The van der Waals surface area contributed by atoms with Gasteiger partial charge in [0.2, 0.25) is 5.91 Å². The molecule has 8 nitrogen and oxygen atoms in total. The molecule has 2 heterocycles. The first-order chi connectivity index (χ1) is 18.4. The van der Waals surface area contributed by atoms with Crippen molar-refractivity contribution in [2.45, 2.75) is 57.2 Å². The Labute approximate surface area is 224 Å². The van der Waals surface area contributed by atoms with Crippen LogP contribution in [0.15, 0.2) is 55.0 Å². The summed E-state index contributed by atoms with van der Waals surface area (Å²) in [7, 11) is 1.91. The van der Waals surface area contributed by atoms with E-state index in [4.69, 9.17) is 14.6 Å². The fourth-order valence-corrected chi connectivity index (χ4v) is 4.33. The molecule has 0 fully saturated rings. The zero-order chi connectivity index (χ0) is 28.6. The highest BCUT2D eigenvalue weighted by molar-refractivity contribution is 5.77. The molecule has 3 aromatic rings. The summed E-state index contributed by atoms with van der Waals surface area (Å²) in [5.74, 6) is -1.59. The van der Waals surface area contributed by atoms with Crippen molar-refractivity contribution in [3.05, 3.63) is 77.4 Å². The minimum Gasteiger partial charge on any atom is -0.475 e. The molecule has 0 aliphatic carbocycles. The number of benzene rings is 2. The first kappa shape index (κ1) is 29.2. The summed E-state index contributed by atoms with van der Waals surface area (Å²) in [5.41, 5.74) is 2.50. The van der Waals surface area contributed by atoms with Crippen LogP contribution in [0, 0.1) is 11.3 Å². The summed E-state index contributed by atoms with van der Waals surface area (Å²) in [6.45, 7) is 1.97. The van der Waals surface area contributed by atoms with Gasteiger partial charge in [0.1, 0.15) is 23.1 Å². The number of hydrogen-bond acceptors (Lipinski definition) is 5. The Hall–Kier alpha value is -4.33. The average molecular weight is 543 g/mol. The van der Waals surface area contributed by atoms with Crippen LogP contribution in [0.5, 0.6) is 11.5 Å². The SMILES string of the molecule is Cn1cncc1C1(C)NC(=O)CCCCCCc2cccc(c2)Oc2cc1ccc2C#N.O=C(O)C(F)(F)F. The highest BCUT2D eigenvalue weighted by atomic mass is 19.4. The molecule has 2 N–H and O–H groups in total. The number of hydrogen-bond donors (Lipinski definition) is 2. The minimum atomic E-state index is -5.08. The molecular weight excluding hydrogens is 513 g/mol. The molecule has 0 radical (unpaired) electrons. The topological polar surface area (TPSA) is 117 Å². The van der Waals surface area contributed by atoms with Crippen molar-refractivity contribution in [2.75, 3.05) is 0 Å². The van der Waals surface area contributed by atoms with Gasteiger partial charge in [-0.3, -0.25) is 4.79 Å². The van der Waals surface area contributed by atoms with Crippen molar-refractivity contribution < 1.29 is 32.6 Å². The van der Waals surface area contributed by atoms with E-state index < -0.39 is 17.7 Å². The number of aliphatic carboxylic acids is 1. The first-order valence-electron chi connectivity index (χ1n) is 12.3. The van der Waals surface area contributed by atoms with Crippen LogP contribution >= 0.6 is 0 Å². The summed E-state index contributed by atoms with van der Waals surface area (Å²) in [6, 6.07) is 15.7. The van der Waals surface area contributed by atoms with Gasteiger partial charge in [-0.25, -0.2) is 9.78 Å². The molecule has 4 bridgehead atoms. The second-order valence-electron chi connectivity index (χ2n) is 9.35. The Morgan fingerprint density at radius 3 is 2.46 bits per heavy atom. The molecule has 1 unspecified atom stereocenters. The van der Waals surface area contributed by atoms with Gasteiger partial charge in [-0.15, -0.1) is 0 Å². The summed E-state index contributed by atoms with van der Waals surface area (Å²) in [5, 5.41) is 20.0. The third-order valence-corrected chi connectivity index (χ3v) is 6.39. The van der Waals surface area contributed by atoms with Gasteiger partial charge >= 0.3 is 12.1 Å². The fraction of sp³-hybridized carbons (Fsp3) is 0.357. The average Bonchev–Trinajstić information content (AvgIpc) is 3.32. The van der Waals surface area contributed by atoms with Crippen molar-refractivity contribution in [3.63, 3.8) is 0 Å². The van der Waals surface area contributed by atoms with Crippen molar-refractivity contribution in [2.24, 2.45) is 7.05 Å². The number of nitrogens with zero attached hydrogens (tertiary/aromatic N) is 3. The Bertz CT molecular complexity index is 1360. The number of halogens is 3. The summed E-state index contributed by atoms with van der Waals surface area (Å²) in [6.07, 6.45) is 3.86. The number of ether oxygens (including phenoxy) is 1. The second kappa shape index (κ2) is 12.5. The van der Waals surface area contributed by atoms with Gasteiger partial charge in [-0.2, -0.15) is 18.4 Å². The molecule has 0 saturated heterocycles. The van der Waals surface area contributed by atoms with E-state index in [9.17, 15) is 23.2 Å². The Morgan fingerprint density at radius 1 is 1.15 bits per heavy atom. The Balaban J connectivity index is 0.000000532. The monoisotopic (exact) mass is 542 g/mol. The zero-order valence-electron chi connectivity index (χ0n) is 21.6. The number of fused-ring (bicyclic) bond motifs is 4. The van der Waals surface area contributed by atoms with E-state index in [-0.39, 0.29) is 5.91 Å². The van der Waals surface area contributed by atoms with Gasteiger partial charge < -0.3 is 19.7 Å². The van der Waals surface area contributed by atoms with E-state index in [0.29, 0.717) is 23.5 Å². The van der Waals surface area contributed by atoms with E-state index in [2.05, 4.69) is 22.4 Å². The number of alkyl halides is 3. The lowest BCUT2D eigenvalue weighted by molar-refractivity contribution is -0.192. The number of amides is 1. The lowest BCUT2D eigenvalue weighted by Crippen LogP contribution is -2.45. The van der Waals surface area contributed by atoms with Crippen molar-refractivity contribution in [1.82, 2.24) is 14.9 Å². The van der Waals surface area contributed by atoms with Crippen molar-refractivity contribution >= 4 is 11.9 Å². The molecule has 0 saturated carbocycles. The maximum atomic E-state index is 12.9.